The number of aryl methyl sites for hydroxylation is 1. The second-order valence-corrected chi connectivity index (χ2v) is 5.00. The number of hydrogen-bond acceptors (Lipinski definition) is 4. The third-order valence-electron chi connectivity index (χ3n) is 2.98. The van der Waals surface area contributed by atoms with Gasteiger partial charge in [0, 0.05) is 22.5 Å². The van der Waals surface area contributed by atoms with E-state index in [-0.39, 0.29) is 6.54 Å². The maximum absolute atomic E-state index is 12.0. The van der Waals surface area contributed by atoms with Crippen molar-refractivity contribution in [3.8, 4) is 0 Å². The molecule has 0 bridgehead atoms. The van der Waals surface area contributed by atoms with Crippen molar-refractivity contribution in [2.45, 2.75) is 13.5 Å². The molecule has 22 heavy (non-hydrogen) atoms. The molecular weight excluding hydrogens is 310 g/mol. The van der Waals surface area contributed by atoms with Gasteiger partial charge in [0.05, 0.1) is 4.92 Å². The molecule has 1 amide bonds. The van der Waals surface area contributed by atoms with E-state index in [0.29, 0.717) is 16.4 Å². The van der Waals surface area contributed by atoms with Crippen LogP contribution in [0.15, 0.2) is 41.2 Å². The fourth-order valence-electron chi connectivity index (χ4n) is 1.91. The molecule has 114 valence electrons. The Morgan fingerprint density at radius 2 is 2.09 bits per heavy atom. The average molecular weight is 322 g/mol. The number of aromatic nitrogens is 1. The van der Waals surface area contributed by atoms with Gasteiger partial charge in [-0.15, -0.1) is 0 Å². The lowest BCUT2D eigenvalue weighted by Crippen LogP contribution is -2.30. The molecule has 0 aliphatic carbocycles. The number of rotatable bonds is 4. The Morgan fingerprint density at radius 1 is 1.36 bits per heavy atom. The molecule has 8 heteroatoms. The van der Waals surface area contributed by atoms with Crippen molar-refractivity contribution in [2.75, 3.05) is 5.32 Å². The molecule has 1 N–H and O–H groups in total. The Hall–Kier alpha value is -2.67. The Bertz CT molecular complexity index is 801. The number of pyridine rings is 1. The molecule has 0 atom stereocenters. The summed E-state index contributed by atoms with van der Waals surface area (Å²) < 4.78 is 1.05. The highest BCUT2D eigenvalue weighted by Crippen LogP contribution is 2.15. The molecular formula is C14H12ClN3O4. The number of benzene rings is 1. The highest BCUT2D eigenvalue weighted by molar-refractivity contribution is 6.30. The van der Waals surface area contributed by atoms with Crippen molar-refractivity contribution >= 4 is 28.9 Å². The summed E-state index contributed by atoms with van der Waals surface area (Å²) in [6.45, 7) is 1.27. The molecule has 0 unspecified atom stereocenters. The molecule has 1 aromatic carbocycles. The summed E-state index contributed by atoms with van der Waals surface area (Å²) in [5.41, 5.74) is -0.446. The van der Waals surface area contributed by atoms with Gasteiger partial charge in [0.1, 0.15) is 6.54 Å². The highest BCUT2D eigenvalue weighted by Gasteiger charge is 2.17. The first-order valence-electron chi connectivity index (χ1n) is 6.29. The van der Waals surface area contributed by atoms with Gasteiger partial charge in [-0.3, -0.25) is 24.3 Å². The van der Waals surface area contributed by atoms with E-state index < -0.39 is 22.1 Å². The summed E-state index contributed by atoms with van der Waals surface area (Å²) in [4.78, 5) is 34.0. The zero-order valence-corrected chi connectivity index (χ0v) is 12.3. The smallest absolute Gasteiger partial charge is 0.324 e. The van der Waals surface area contributed by atoms with E-state index in [1.807, 2.05) is 0 Å². The van der Waals surface area contributed by atoms with Gasteiger partial charge in [-0.05, 0) is 31.2 Å². The molecule has 1 heterocycles. The zero-order chi connectivity index (χ0) is 16.3. The van der Waals surface area contributed by atoms with Gasteiger partial charge in [-0.2, -0.15) is 0 Å². The fraction of sp³-hybridized carbons (Fsp3) is 0.143. The van der Waals surface area contributed by atoms with E-state index in [1.54, 1.807) is 31.2 Å². The second-order valence-electron chi connectivity index (χ2n) is 4.57. The van der Waals surface area contributed by atoms with Crippen LogP contribution in [0.25, 0.3) is 0 Å². The number of carbonyl (C=O) groups is 1. The molecule has 0 radical (unpaired) electrons. The molecule has 0 aliphatic rings. The van der Waals surface area contributed by atoms with Gasteiger partial charge < -0.3 is 5.32 Å². The van der Waals surface area contributed by atoms with E-state index in [9.17, 15) is 19.7 Å². The van der Waals surface area contributed by atoms with Gasteiger partial charge in [-0.1, -0.05) is 17.7 Å². The Morgan fingerprint density at radius 3 is 2.73 bits per heavy atom. The van der Waals surface area contributed by atoms with Crippen LogP contribution < -0.4 is 10.9 Å². The Kier molecular flexibility index (Phi) is 4.57. The number of hydrogen-bond donors (Lipinski definition) is 1. The van der Waals surface area contributed by atoms with Crippen LogP contribution in [0.5, 0.6) is 0 Å². The van der Waals surface area contributed by atoms with Crippen LogP contribution in [-0.4, -0.2) is 15.4 Å². The van der Waals surface area contributed by atoms with Gasteiger partial charge in [0.25, 0.3) is 0 Å². The summed E-state index contributed by atoms with van der Waals surface area (Å²) in [5, 5.41) is 13.8. The van der Waals surface area contributed by atoms with Crippen molar-refractivity contribution in [1.29, 1.82) is 0 Å². The van der Waals surface area contributed by atoms with E-state index in [0.717, 1.165) is 10.6 Å². The lowest BCUT2D eigenvalue weighted by molar-refractivity contribution is -0.386. The molecule has 0 aliphatic heterocycles. The second kappa shape index (κ2) is 6.40. The summed E-state index contributed by atoms with van der Waals surface area (Å²) >= 11 is 5.81. The van der Waals surface area contributed by atoms with Crippen LogP contribution >= 0.6 is 11.6 Å². The van der Waals surface area contributed by atoms with Gasteiger partial charge in [0.2, 0.25) is 5.91 Å². The number of amides is 1. The Balaban J connectivity index is 2.23. The topological polar surface area (TPSA) is 94.2 Å². The zero-order valence-electron chi connectivity index (χ0n) is 11.6. The minimum Gasteiger partial charge on any atom is -0.324 e. The maximum Gasteiger partial charge on any atom is 0.334 e. The van der Waals surface area contributed by atoms with Crippen molar-refractivity contribution in [2.24, 2.45) is 0 Å². The molecule has 2 rings (SSSR count). The number of nitrogens with one attached hydrogen (secondary N) is 1. The lowest BCUT2D eigenvalue weighted by atomic mass is 10.3. The summed E-state index contributed by atoms with van der Waals surface area (Å²) in [7, 11) is 0. The van der Waals surface area contributed by atoms with Gasteiger partial charge in [-0.25, -0.2) is 0 Å². The standard InChI is InChI=1S/C14H12ClN3O4/c1-9-5-6-12(18(21)22)14(20)17(9)8-13(19)16-11-4-2-3-10(15)7-11/h2-7H,8H2,1H3,(H,16,19). The molecule has 2 aromatic rings. The predicted octanol–water partition coefficient (Wildman–Crippen LogP) is 2.36. The van der Waals surface area contributed by atoms with Crippen LogP contribution in [0, 0.1) is 17.0 Å². The first-order valence-corrected chi connectivity index (χ1v) is 6.66. The quantitative estimate of drug-likeness (QED) is 0.690. The number of nitro groups is 1. The van der Waals surface area contributed by atoms with Gasteiger partial charge >= 0.3 is 11.2 Å². The molecule has 0 saturated carbocycles. The maximum atomic E-state index is 12.0. The lowest BCUT2D eigenvalue weighted by Gasteiger charge is -2.10. The first-order chi connectivity index (χ1) is 10.4. The molecule has 0 saturated heterocycles. The third-order valence-corrected chi connectivity index (χ3v) is 3.21. The van der Waals surface area contributed by atoms with Crippen molar-refractivity contribution in [3.63, 3.8) is 0 Å². The Labute approximate surface area is 130 Å². The SMILES string of the molecule is Cc1ccc([N+](=O)[O-])c(=O)n1CC(=O)Nc1cccc(Cl)c1. The first kappa shape index (κ1) is 15.7. The van der Waals surface area contributed by atoms with Crippen LogP contribution in [0.3, 0.4) is 0 Å². The minimum absolute atomic E-state index is 0.321. The monoisotopic (exact) mass is 321 g/mol. The molecule has 0 spiro atoms. The van der Waals surface area contributed by atoms with E-state index in [4.69, 9.17) is 11.6 Å². The molecule has 7 nitrogen and oxygen atoms in total. The van der Waals surface area contributed by atoms with Crippen molar-refractivity contribution < 1.29 is 9.72 Å². The largest absolute Gasteiger partial charge is 0.334 e. The van der Waals surface area contributed by atoms with Crippen LogP contribution in [0.2, 0.25) is 5.02 Å². The summed E-state index contributed by atoms with van der Waals surface area (Å²) in [6.07, 6.45) is 0. The van der Waals surface area contributed by atoms with Crippen LogP contribution in [0.4, 0.5) is 11.4 Å². The van der Waals surface area contributed by atoms with E-state index in [1.165, 1.54) is 6.07 Å². The summed E-state index contributed by atoms with van der Waals surface area (Å²) in [6, 6.07) is 9.08. The van der Waals surface area contributed by atoms with Crippen molar-refractivity contribution in [3.05, 3.63) is 67.6 Å². The highest BCUT2D eigenvalue weighted by atomic mass is 35.5. The van der Waals surface area contributed by atoms with E-state index in [2.05, 4.69) is 5.32 Å². The predicted molar refractivity (Wildman–Crippen MR) is 82.2 cm³/mol. The minimum atomic E-state index is -0.814. The molecule has 0 fully saturated rings. The van der Waals surface area contributed by atoms with Crippen LogP contribution in [-0.2, 0) is 11.3 Å². The number of anilines is 1. The fourth-order valence-corrected chi connectivity index (χ4v) is 2.10. The van der Waals surface area contributed by atoms with Crippen molar-refractivity contribution in [1.82, 2.24) is 4.57 Å². The summed E-state index contributed by atoms with van der Waals surface area (Å²) in [5.74, 6) is -0.479. The number of nitrogens with zero attached hydrogens (tertiary/aromatic N) is 2. The van der Waals surface area contributed by atoms with Gasteiger partial charge in [0.15, 0.2) is 0 Å². The third kappa shape index (κ3) is 3.50. The normalized spacial score (nSPS) is 10.3. The number of halogens is 1. The average Bonchev–Trinajstić information content (AvgIpc) is 2.43. The number of carbonyl (C=O) groups excluding carboxylic acids is 1. The molecule has 1 aromatic heterocycles. The van der Waals surface area contributed by atoms with Crippen LogP contribution in [0.1, 0.15) is 5.69 Å². The van der Waals surface area contributed by atoms with E-state index >= 15 is 0 Å².